The van der Waals surface area contributed by atoms with Gasteiger partial charge in [0, 0.05) is 10.7 Å². The van der Waals surface area contributed by atoms with Gasteiger partial charge in [-0.1, -0.05) is 35.5 Å². The minimum Gasteiger partial charge on any atom is -0.484 e. The van der Waals surface area contributed by atoms with E-state index < -0.39 is 0 Å². The van der Waals surface area contributed by atoms with Crippen LogP contribution in [0, 0.1) is 6.92 Å². The Bertz CT molecular complexity index is 1010. The Kier molecular flexibility index (Phi) is 7.69. The summed E-state index contributed by atoms with van der Waals surface area (Å²) in [5.74, 6) is 0.371. The average molecular weight is 447 g/mol. The van der Waals surface area contributed by atoms with Gasteiger partial charge in [0.15, 0.2) is 6.61 Å². The number of nitrogens with zero attached hydrogens (tertiary/aromatic N) is 2. The molecule has 0 spiro atoms. The Morgan fingerprint density at radius 1 is 1.13 bits per heavy atom. The standard InChI is InChI=1S/C20H19ClN4O4S/c1-13-3-2-4-15(9-13)23-18(27)12-30-20-25-24-19(29-20)10-22-17(26)11-28-16-7-5-14(21)6-8-16/h2-9H,10-12H2,1H3,(H,22,26)(H,23,27). The number of aromatic nitrogens is 2. The van der Waals surface area contributed by atoms with Gasteiger partial charge in [-0.25, -0.2) is 0 Å². The van der Waals surface area contributed by atoms with E-state index in [1.165, 1.54) is 0 Å². The van der Waals surface area contributed by atoms with Crippen molar-refractivity contribution >= 4 is 40.9 Å². The van der Waals surface area contributed by atoms with Crippen LogP contribution in [0.15, 0.2) is 58.2 Å². The molecule has 0 aliphatic heterocycles. The molecule has 2 amide bonds. The van der Waals surface area contributed by atoms with Gasteiger partial charge in [0.05, 0.1) is 12.3 Å². The topological polar surface area (TPSA) is 106 Å². The fourth-order valence-electron chi connectivity index (χ4n) is 2.32. The highest BCUT2D eigenvalue weighted by atomic mass is 35.5. The van der Waals surface area contributed by atoms with E-state index in [0.717, 1.165) is 23.0 Å². The lowest BCUT2D eigenvalue weighted by Crippen LogP contribution is -2.28. The van der Waals surface area contributed by atoms with Gasteiger partial charge in [-0.15, -0.1) is 10.2 Å². The lowest BCUT2D eigenvalue weighted by atomic mass is 10.2. The highest BCUT2D eigenvalue weighted by molar-refractivity contribution is 7.99. The summed E-state index contributed by atoms with van der Waals surface area (Å²) in [6.07, 6.45) is 0. The van der Waals surface area contributed by atoms with Crippen LogP contribution in [-0.4, -0.2) is 34.4 Å². The molecule has 8 nitrogen and oxygen atoms in total. The Morgan fingerprint density at radius 2 is 1.93 bits per heavy atom. The number of hydrogen-bond donors (Lipinski definition) is 2. The highest BCUT2D eigenvalue weighted by Crippen LogP contribution is 2.17. The third-order valence-corrected chi connectivity index (χ3v) is 4.77. The first-order valence-corrected chi connectivity index (χ1v) is 10.3. The van der Waals surface area contributed by atoms with Gasteiger partial charge < -0.3 is 19.8 Å². The first kappa shape index (κ1) is 21.7. The summed E-state index contributed by atoms with van der Waals surface area (Å²) in [5.41, 5.74) is 1.79. The molecular weight excluding hydrogens is 428 g/mol. The minimum absolute atomic E-state index is 0.0614. The molecule has 0 aliphatic carbocycles. The molecule has 2 aromatic carbocycles. The summed E-state index contributed by atoms with van der Waals surface area (Å²) in [7, 11) is 0. The number of nitrogens with one attached hydrogen (secondary N) is 2. The number of hydrogen-bond acceptors (Lipinski definition) is 7. The molecule has 0 saturated heterocycles. The number of ether oxygens (including phenoxy) is 1. The summed E-state index contributed by atoms with van der Waals surface area (Å²) < 4.78 is 10.8. The lowest BCUT2D eigenvalue weighted by molar-refractivity contribution is -0.123. The third-order valence-electron chi connectivity index (χ3n) is 3.70. The Morgan fingerprint density at radius 3 is 2.70 bits per heavy atom. The van der Waals surface area contributed by atoms with Crippen LogP contribution in [-0.2, 0) is 16.1 Å². The summed E-state index contributed by atoms with van der Waals surface area (Å²) in [6, 6.07) is 14.2. The largest absolute Gasteiger partial charge is 0.484 e. The van der Waals surface area contributed by atoms with Gasteiger partial charge in [-0.3, -0.25) is 9.59 Å². The predicted molar refractivity (Wildman–Crippen MR) is 114 cm³/mol. The summed E-state index contributed by atoms with van der Waals surface area (Å²) in [6.45, 7) is 1.86. The molecule has 0 aliphatic rings. The van der Waals surface area contributed by atoms with Crippen molar-refractivity contribution in [3.05, 3.63) is 65.0 Å². The van der Waals surface area contributed by atoms with Crippen LogP contribution >= 0.6 is 23.4 Å². The lowest BCUT2D eigenvalue weighted by Gasteiger charge is -2.06. The molecule has 30 heavy (non-hydrogen) atoms. The minimum atomic E-state index is -0.338. The zero-order valence-electron chi connectivity index (χ0n) is 16.1. The fourth-order valence-corrected chi connectivity index (χ4v) is 3.03. The average Bonchev–Trinajstić information content (AvgIpc) is 3.18. The molecule has 0 atom stereocenters. The number of rotatable bonds is 9. The number of thioether (sulfide) groups is 1. The second-order valence-electron chi connectivity index (χ2n) is 6.19. The normalized spacial score (nSPS) is 10.5. The molecule has 0 unspecified atom stereocenters. The monoisotopic (exact) mass is 446 g/mol. The second kappa shape index (κ2) is 10.7. The van der Waals surface area contributed by atoms with Crippen molar-refractivity contribution in [2.45, 2.75) is 18.7 Å². The van der Waals surface area contributed by atoms with Gasteiger partial charge in [0.1, 0.15) is 5.75 Å². The number of aryl methyl sites for hydroxylation is 1. The summed E-state index contributed by atoms with van der Waals surface area (Å²) in [5, 5.41) is 14.0. The third kappa shape index (κ3) is 7.09. The van der Waals surface area contributed by atoms with Crippen molar-refractivity contribution in [2.24, 2.45) is 0 Å². The number of carbonyl (C=O) groups excluding carboxylic acids is 2. The van der Waals surface area contributed by atoms with Gasteiger partial charge >= 0.3 is 0 Å². The maximum atomic E-state index is 12.0. The zero-order chi connectivity index (χ0) is 21.3. The predicted octanol–water partition coefficient (Wildman–Crippen LogP) is 3.46. The Hall–Kier alpha value is -3.04. The smallest absolute Gasteiger partial charge is 0.277 e. The molecular formula is C20H19ClN4O4S. The van der Waals surface area contributed by atoms with E-state index in [0.29, 0.717) is 10.8 Å². The number of halogens is 1. The van der Waals surface area contributed by atoms with Crippen LogP contribution in [0.2, 0.25) is 5.02 Å². The molecule has 3 aromatic rings. The Balaban J connectivity index is 1.37. The number of amides is 2. The first-order valence-electron chi connectivity index (χ1n) is 8.95. The zero-order valence-corrected chi connectivity index (χ0v) is 17.6. The van der Waals surface area contributed by atoms with E-state index in [2.05, 4.69) is 20.8 Å². The van der Waals surface area contributed by atoms with Gasteiger partial charge in [-0.2, -0.15) is 0 Å². The van der Waals surface area contributed by atoms with Crippen molar-refractivity contribution in [3.63, 3.8) is 0 Å². The van der Waals surface area contributed by atoms with E-state index in [1.807, 2.05) is 31.2 Å². The molecule has 0 bridgehead atoms. The molecule has 2 N–H and O–H groups in total. The first-order chi connectivity index (χ1) is 14.5. The van der Waals surface area contributed by atoms with Crippen LogP contribution in [0.5, 0.6) is 5.75 Å². The maximum Gasteiger partial charge on any atom is 0.277 e. The van der Waals surface area contributed by atoms with Crippen LogP contribution in [0.25, 0.3) is 0 Å². The van der Waals surface area contributed by atoms with Crippen molar-refractivity contribution in [3.8, 4) is 5.75 Å². The Labute approximate surface area is 182 Å². The van der Waals surface area contributed by atoms with Crippen LogP contribution in [0.3, 0.4) is 0 Å². The summed E-state index contributed by atoms with van der Waals surface area (Å²) in [4.78, 5) is 23.9. The molecule has 3 rings (SSSR count). The maximum absolute atomic E-state index is 12.0. The number of benzene rings is 2. The van der Waals surface area contributed by atoms with E-state index in [-0.39, 0.29) is 41.8 Å². The van der Waals surface area contributed by atoms with Crippen molar-refractivity contribution in [2.75, 3.05) is 17.7 Å². The van der Waals surface area contributed by atoms with Crippen molar-refractivity contribution < 1.29 is 18.7 Å². The van der Waals surface area contributed by atoms with E-state index in [9.17, 15) is 9.59 Å². The van der Waals surface area contributed by atoms with Gasteiger partial charge in [0.25, 0.3) is 11.1 Å². The van der Waals surface area contributed by atoms with E-state index in [1.54, 1.807) is 24.3 Å². The molecule has 10 heteroatoms. The summed E-state index contributed by atoms with van der Waals surface area (Å²) >= 11 is 6.91. The molecule has 0 fully saturated rings. The SMILES string of the molecule is Cc1cccc(NC(=O)CSc2nnc(CNC(=O)COc3ccc(Cl)cc3)o2)c1. The highest BCUT2D eigenvalue weighted by Gasteiger charge is 2.11. The van der Waals surface area contributed by atoms with Gasteiger partial charge in [0.2, 0.25) is 11.8 Å². The molecule has 156 valence electrons. The molecule has 0 radical (unpaired) electrons. The molecule has 0 saturated carbocycles. The second-order valence-corrected chi connectivity index (χ2v) is 7.55. The van der Waals surface area contributed by atoms with Crippen molar-refractivity contribution in [1.82, 2.24) is 15.5 Å². The molecule has 1 aromatic heterocycles. The number of anilines is 1. The fraction of sp³-hybridized carbons (Fsp3) is 0.200. The van der Waals surface area contributed by atoms with Crippen molar-refractivity contribution in [1.29, 1.82) is 0 Å². The number of carbonyl (C=O) groups is 2. The quantitative estimate of drug-likeness (QED) is 0.485. The van der Waals surface area contributed by atoms with Gasteiger partial charge in [-0.05, 0) is 48.9 Å². The molecule has 1 heterocycles. The van der Waals surface area contributed by atoms with Crippen LogP contribution in [0.4, 0.5) is 5.69 Å². The van der Waals surface area contributed by atoms with E-state index in [4.69, 9.17) is 20.8 Å². The van der Waals surface area contributed by atoms with E-state index >= 15 is 0 Å². The van der Waals surface area contributed by atoms with Crippen LogP contribution < -0.4 is 15.4 Å². The van der Waals surface area contributed by atoms with Crippen LogP contribution in [0.1, 0.15) is 11.5 Å².